The summed E-state index contributed by atoms with van der Waals surface area (Å²) in [5.74, 6) is -0.174. The highest BCUT2D eigenvalue weighted by Crippen LogP contribution is 2.12. The van der Waals surface area contributed by atoms with Gasteiger partial charge in [-0.2, -0.15) is 0 Å². The van der Waals surface area contributed by atoms with Crippen LogP contribution in [0.2, 0.25) is 0 Å². The van der Waals surface area contributed by atoms with Crippen LogP contribution < -0.4 is 10.6 Å². The molecule has 110 valence electrons. The second-order valence-electron chi connectivity index (χ2n) is 5.53. The molecule has 2 rings (SSSR count). The maximum atomic E-state index is 13.7. The molecule has 4 nitrogen and oxygen atoms in total. The van der Waals surface area contributed by atoms with Gasteiger partial charge >= 0.3 is 0 Å². The lowest BCUT2D eigenvalue weighted by Crippen LogP contribution is -2.40. The number of carbonyl (C=O) groups is 1. The highest BCUT2D eigenvalue weighted by Gasteiger charge is 2.21. The van der Waals surface area contributed by atoms with E-state index in [1.807, 2.05) is 25.1 Å². The summed E-state index contributed by atoms with van der Waals surface area (Å²) >= 11 is 0. The van der Waals surface area contributed by atoms with Gasteiger partial charge < -0.3 is 15.5 Å². The van der Waals surface area contributed by atoms with Crippen LogP contribution in [0.1, 0.15) is 24.0 Å². The second kappa shape index (κ2) is 6.81. The third kappa shape index (κ3) is 4.02. The van der Waals surface area contributed by atoms with Gasteiger partial charge in [0.05, 0.1) is 6.04 Å². The van der Waals surface area contributed by atoms with Crippen molar-refractivity contribution in [2.24, 2.45) is 0 Å². The Kier molecular flexibility index (Phi) is 5.09. The van der Waals surface area contributed by atoms with Crippen LogP contribution in [0.25, 0.3) is 0 Å². The summed E-state index contributed by atoms with van der Waals surface area (Å²) in [6.07, 6.45) is 1.93. The third-order valence-electron chi connectivity index (χ3n) is 3.44. The van der Waals surface area contributed by atoms with E-state index in [1.165, 1.54) is 6.07 Å². The lowest BCUT2D eigenvalue weighted by molar-refractivity contribution is -0.122. The molecule has 1 aromatic carbocycles. The van der Waals surface area contributed by atoms with Crippen LogP contribution in [0.4, 0.5) is 4.39 Å². The Morgan fingerprint density at radius 2 is 2.30 bits per heavy atom. The summed E-state index contributed by atoms with van der Waals surface area (Å²) in [6, 6.07) is 4.93. The molecule has 0 spiro atoms. The Bertz CT molecular complexity index is 470. The number of nitrogens with one attached hydrogen (secondary N) is 2. The first-order valence-electron chi connectivity index (χ1n) is 6.99. The number of hydrogen-bond acceptors (Lipinski definition) is 3. The predicted octanol–water partition coefficient (Wildman–Crippen LogP) is 1.26. The topological polar surface area (TPSA) is 44.4 Å². The number of nitrogens with zero attached hydrogens (tertiary/aromatic N) is 1. The van der Waals surface area contributed by atoms with Crippen LogP contribution >= 0.6 is 0 Å². The zero-order valence-corrected chi connectivity index (χ0v) is 12.1. The predicted molar refractivity (Wildman–Crippen MR) is 76.7 cm³/mol. The van der Waals surface area contributed by atoms with Crippen molar-refractivity contribution in [1.29, 1.82) is 0 Å². The van der Waals surface area contributed by atoms with Gasteiger partial charge in [0.25, 0.3) is 0 Å². The molecular formula is C15H22FN3O. The second-order valence-corrected chi connectivity index (χ2v) is 5.53. The lowest BCUT2D eigenvalue weighted by atomic mass is 10.1. The summed E-state index contributed by atoms with van der Waals surface area (Å²) in [6.45, 7) is 1.90. The van der Waals surface area contributed by atoms with E-state index in [-0.39, 0.29) is 17.8 Å². The van der Waals surface area contributed by atoms with E-state index in [2.05, 4.69) is 10.6 Å². The fourth-order valence-electron chi connectivity index (χ4n) is 2.42. The van der Waals surface area contributed by atoms with Crippen LogP contribution in [-0.2, 0) is 17.9 Å². The normalized spacial score (nSPS) is 18.5. The van der Waals surface area contributed by atoms with Crippen molar-refractivity contribution in [3.8, 4) is 0 Å². The summed E-state index contributed by atoms with van der Waals surface area (Å²) in [4.78, 5) is 13.8. The van der Waals surface area contributed by atoms with Crippen molar-refractivity contribution in [1.82, 2.24) is 15.5 Å². The van der Waals surface area contributed by atoms with Gasteiger partial charge in [-0.1, -0.05) is 6.07 Å². The zero-order chi connectivity index (χ0) is 14.5. The van der Waals surface area contributed by atoms with Crippen LogP contribution in [0.5, 0.6) is 0 Å². The van der Waals surface area contributed by atoms with Gasteiger partial charge in [-0.15, -0.1) is 0 Å². The molecule has 1 aliphatic heterocycles. The molecule has 1 fully saturated rings. The molecule has 5 heteroatoms. The number of amides is 1. The molecule has 20 heavy (non-hydrogen) atoms. The van der Waals surface area contributed by atoms with Gasteiger partial charge in [0.1, 0.15) is 5.82 Å². The molecule has 1 aliphatic rings. The summed E-state index contributed by atoms with van der Waals surface area (Å²) in [5.41, 5.74) is 1.58. The van der Waals surface area contributed by atoms with Gasteiger partial charge in [0.15, 0.2) is 0 Å². The largest absolute Gasteiger partial charge is 0.351 e. The molecular weight excluding hydrogens is 257 g/mol. The van der Waals surface area contributed by atoms with Crippen molar-refractivity contribution in [3.63, 3.8) is 0 Å². The Hall–Kier alpha value is -1.46. The minimum atomic E-state index is -0.203. The summed E-state index contributed by atoms with van der Waals surface area (Å²) in [7, 11) is 3.80. The monoisotopic (exact) mass is 279 g/mol. The van der Waals surface area contributed by atoms with Crippen LogP contribution in [-0.4, -0.2) is 37.5 Å². The van der Waals surface area contributed by atoms with E-state index in [1.54, 1.807) is 6.07 Å². The van der Waals surface area contributed by atoms with E-state index < -0.39 is 0 Å². The number of hydrogen-bond donors (Lipinski definition) is 2. The maximum Gasteiger partial charge on any atom is 0.237 e. The molecule has 1 saturated heterocycles. The quantitative estimate of drug-likeness (QED) is 0.853. The standard InChI is InChI=1S/C15H22FN3O/c1-19(2)10-12-8-11(5-6-13(12)16)9-18-15(20)14-4-3-7-17-14/h5-6,8,14,17H,3-4,7,9-10H2,1-2H3,(H,18,20)/t14-/m0/s1. The minimum absolute atomic E-state index is 0.0287. The Labute approximate surface area is 119 Å². The average molecular weight is 279 g/mol. The van der Waals surface area contributed by atoms with E-state index in [0.29, 0.717) is 18.7 Å². The van der Waals surface area contributed by atoms with Crippen molar-refractivity contribution in [3.05, 3.63) is 35.1 Å². The average Bonchev–Trinajstić information content (AvgIpc) is 2.92. The fourth-order valence-corrected chi connectivity index (χ4v) is 2.42. The molecule has 0 bridgehead atoms. The maximum absolute atomic E-state index is 13.7. The number of halogens is 1. The van der Waals surface area contributed by atoms with Gasteiger partial charge in [-0.25, -0.2) is 4.39 Å². The van der Waals surface area contributed by atoms with Gasteiger partial charge in [0, 0.05) is 18.7 Å². The molecule has 0 aliphatic carbocycles. The zero-order valence-electron chi connectivity index (χ0n) is 12.1. The molecule has 1 aromatic rings. The molecule has 0 saturated carbocycles. The minimum Gasteiger partial charge on any atom is -0.351 e. The Morgan fingerprint density at radius 1 is 1.50 bits per heavy atom. The van der Waals surface area contributed by atoms with Crippen LogP contribution in [0.15, 0.2) is 18.2 Å². The Balaban J connectivity index is 1.93. The fraction of sp³-hybridized carbons (Fsp3) is 0.533. The SMILES string of the molecule is CN(C)Cc1cc(CNC(=O)[C@@H]2CCCN2)ccc1F. The van der Waals surface area contributed by atoms with Crippen LogP contribution in [0, 0.1) is 5.82 Å². The molecule has 0 unspecified atom stereocenters. The molecule has 2 N–H and O–H groups in total. The van der Waals surface area contributed by atoms with E-state index in [0.717, 1.165) is 24.9 Å². The highest BCUT2D eigenvalue weighted by atomic mass is 19.1. The molecule has 1 atom stereocenters. The third-order valence-corrected chi connectivity index (χ3v) is 3.44. The molecule has 1 amide bonds. The van der Waals surface area contributed by atoms with Crippen molar-refractivity contribution < 1.29 is 9.18 Å². The number of benzene rings is 1. The number of carbonyl (C=O) groups excluding carboxylic acids is 1. The first-order chi connectivity index (χ1) is 9.56. The van der Waals surface area contributed by atoms with E-state index in [4.69, 9.17) is 0 Å². The van der Waals surface area contributed by atoms with Crippen molar-refractivity contribution in [2.45, 2.75) is 32.0 Å². The lowest BCUT2D eigenvalue weighted by Gasteiger charge is -2.14. The van der Waals surface area contributed by atoms with E-state index >= 15 is 0 Å². The smallest absolute Gasteiger partial charge is 0.237 e. The molecule has 0 aromatic heterocycles. The van der Waals surface area contributed by atoms with Crippen LogP contribution in [0.3, 0.4) is 0 Å². The first-order valence-corrected chi connectivity index (χ1v) is 6.99. The van der Waals surface area contributed by atoms with Crippen molar-refractivity contribution >= 4 is 5.91 Å². The summed E-state index contributed by atoms with van der Waals surface area (Å²) in [5, 5.41) is 6.06. The van der Waals surface area contributed by atoms with Gasteiger partial charge in [0.2, 0.25) is 5.91 Å². The number of rotatable bonds is 5. The molecule has 0 radical (unpaired) electrons. The molecule has 1 heterocycles. The summed E-state index contributed by atoms with van der Waals surface area (Å²) < 4.78 is 13.7. The van der Waals surface area contributed by atoms with Gasteiger partial charge in [-0.05, 0) is 51.2 Å². The van der Waals surface area contributed by atoms with E-state index in [9.17, 15) is 9.18 Å². The highest BCUT2D eigenvalue weighted by molar-refractivity contribution is 5.81. The van der Waals surface area contributed by atoms with Gasteiger partial charge in [-0.3, -0.25) is 4.79 Å². The first kappa shape index (κ1) is 14.9. The Morgan fingerprint density at radius 3 is 2.95 bits per heavy atom. The van der Waals surface area contributed by atoms with Crippen molar-refractivity contribution in [2.75, 3.05) is 20.6 Å².